The SMILES string of the molecule is C[C@@H]1CCC(=O)N(C[C@@H](N)CC(=O)N2CCC[C@H]2c2nc(-c3ccccn3)no2)C1. The predicted molar refractivity (Wildman–Crippen MR) is 109 cm³/mol. The third-order valence-electron chi connectivity index (χ3n) is 5.82. The Hall–Kier alpha value is -2.81. The molecule has 2 aliphatic heterocycles. The van der Waals surface area contributed by atoms with E-state index in [0.717, 1.165) is 19.3 Å². The van der Waals surface area contributed by atoms with Crippen LogP contribution in [-0.4, -0.2) is 62.4 Å². The second-order valence-corrected chi connectivity index (χ2v) is 8.32. The van der Waals surface area contributed by atoms with Crippen molar-refractivity contribution in [1.29, 1.82) is 0 Å². The summed E-state index contributed by atoms with van der Waals surface area (Å²) < 4.78 is 5.46. The molecule has 160 valence electrons. The fourth-order valence-electron chi connectivity index (χ4n) is 4.25. The van der Waals surface area contributed by atoms with Gasteiger partial charge in [-0.25, -0.2) is 0 Å². The highest BCUT2D eigenvalue weighted by Gasteiger charge is 2.35. The molecular formula is C21H28N6O3. The van der Waals surface area contributed by atoms with Crippen LogP contribution in [0.5, 0.6) is 0 Å². The quantitative estimate of drug-likeness (QED) is 0.768. The Bertz CT molecular complexity index is 886. The lowest BCUT2D eigenvalue weighted by atomic mass is 9.99. The fraction of sp³-hybridized carbons (Fsp3) is 0.571. The van der Waals surface area contributed by atoms with Gasteiger partial charge in [0, 0.05) is 44.7 Å². The first-order valence-electron chi connectivity index (χ1n) is 10.6. The van der Waals surface area contributed by atoms with E-state index in [-0.39, 0.29) is 30.3 Å². The van der Waals surface area contributed by atoms with Crippen LogP contribution in [0.2, 0.25) is 0 Å². The molecule has 0 saturated carbocycles. The lowest BCUT2D eigenvalue weighted by Crippen LogP contribution is -2.47. The predicted octanol–water partition coefficient (Wildman–Crippen LogP) is 1.77. The van der Waals surface area contributed by atoms with E-state index >= 15 is 0 Å². The first kappa shape index (κ1) is 20.5. The molecule has 2 N–H and O–H groups in total. The van der Waals surface area contributed by atoms with Crippen molar-refractivity contribution in [2.24, 2.45) is 11.7 Å². The van der Waals surface area contributed by atoms with Crippen molar-refractivity contribution in [2.45, 2.75) is 51.1 Å². The highest BCUT2D eigenvalue weighted by atomic mass is 16.5. The summed E-state index contributed by atoms with van der Waals surface area (Å²) in [6.07, 6.45) is 4.99. The minimum absolute atomic E-state index is 0.0416. The van der Waals surface area contributed by atoms with Gasteiger partial charge in [0.05, 0.1) is 0 Å². The van der Waals surface area contributed by atoms with Gasteiger partial charge in [0.1, 0.15) is 11.7 Å². The van der Waals surface area contributed by atoms with Crippen LogP contribution >= 0.6 is 0 Å². The molecule has 2 amide bonds. The number of piperidine rings is 1. The van der Waals surface area contributed by atoms with Crippen LogP contribution in [0.3, 0.4) is 0 Å². The van der Waals surface area contributed by atoms with Crippen molar-refractivity contribution in [2.75, 3.05) is 19.6 Å². The van der Waals surface area contributed by atoms with Crippen LogP contribution < -0.4 is 5.73 Å². The zero-order chi connectivity index (χ0) is 21.1. The number of hydrogen-bond donors (Lipinski definition) is 1. The van der Waals surface area contributed by atoms with Crippen molar-refractivity contribution >= 4 is 11.8 Å². The topological polar surface area (TPSA) is 118 Å². The van der Waals surface area contributed by atoms with Gasteiger partial charge in [-0.05, 0) is 37.3 Å². The van der Waals surface area contributed by atoms with Gasteiger partial charge in [-0.2, -0.15) is 4.98 Å². The third kappa shape index (κ3) is 4.51. The maximum Gasteiger partial charge on any atom is 0.249 e. The second kappa shape index (κ2) is 8.91. The van der Waals surface area contributed by atoms with Gasteiger partial charge in [-0.15, -0.1) is 0 Å². The van der Waals surface area contributed by atoms with Crippen molar-refractivity contribution in [3.05, 3.63) is 30.3 Å². The van der Waals surface area contributed by atoms with Crippen molar-refractivity contribution in [3.63, 3.8) is 0 Å². The average molecular weight is 412 g/mol. The molecule has 0 spiro atoms. The Morgan fingerprint density at radius 3 is 3.03 bits per heavy atom. The molecule has 2 fully saturated rings. The standard InChI is InChI=1S/C21H28N6O3/c1-14-7-8-18(28)26(12-14)13-15(22)11-19(29)27-10-4-6-17(27)21-24-20(25-30-21)16-5-2-3-9-23-16/h2-3,5,9,14-15,17H,4,6-8,10-13,22H2,1H3/t14-,15+,17+/m1/s1. The van der Waals surface area contributed by atoms with E-state index in [4.69, 9.17) is 10.3 Å². The summed E-state index contributed by atoms with van der Waals surface area (Å²) in [6.45, 7) is 3.90. The van der Waals surface area contributed by atoms with E-state index in [1.54, 1.807) is 16.0 Å². The Kier molecular flexibility index (Phi) is 6.08. The molecule has 2 saturated heterocycles. The molecule has 2 aromatic rings. The molecule has 9 heteroatoms. The zero-order valence-electron chi connectivity index (χ0n) is 17.2. The van der Waals surface area contributed by atoms with Gasteiger partial charge in [-0.3, -0.25) is 14.6 Å². The molecular weight excluding hydrogens is 384 g/mol. The first-order valence-corrected chi connectivity index (χ1v) is 10.6. The van der Waals surface area contributed by atoms with Crippen LogP contribution in [0.4, 0.5) is 0 Å². The molecule has 4 heterocycles. The largest absolute Gasteiger partial charge is 0.341 e. The lowest BCUT2D eigenvalue weighted by molar-refractivity contribution is -0.137. The van der Waals surface area contributed by atoms with Crippen LogP contribution in [-0.2, 0) is 9.59 Å². The monoisotopic (exact) mass is 412 g/mol. The molecule has 2 aliphatic rings. The number of carbonyl (C=O) groups excluding carboxylic acids is 2. The van der Waals surface area contributed by atoms with Gasteiger partial charge in [0.15, 0.2) is 0 Å². The number of amides is 2. The number of pyridine rings is 1. The van der Waals surface area contributed by atoms with Crippen LogP contribution in [0.1, 0.15) is 51.0 Å². The van der Waals surface area contributed by atoms with Crippen molar-refractivity contribution in [3.8, 4) is 11.5 Å². The molecule has 0 aliphatic carbocycles. The summed E-state index contributed by atoms with van der Waals surface area (Å²) >= 11 is 0. The summed E-state index contributed by atoms with van der Waals surface area (Å²) in [5.41, 5.74) is 6.87. The smallest absolute Gasteiger partial charge is 0.249 e. The number of nitrogens with zero attached hydrogens (tertiary/aromatic N) is 5. The van der Waals surface area contributed by atoms with Gasteiger partial charge >= 0.3 is 0 Å². The molecule has 0 radical (unpaired) electrons. The zero-order valence-corrected chi connectivity index (χ0v) is 17.2. The van der Waals surface area contributed by atoms with Gasteiger partial charge in [0.25, 0.3) is 0 Å². The fourth-order valence-corrected chi connectivity index (χ4v) is 4.25. The van der Waals surface area contributed by atoms with Crippen LogP contribution in [0, 0.1) is 5.92 Å². The summed E-state index contributed by atoms with van der Waals surface area (Å²) in [5, 5.41) is 4.02. The Morgan fingerprint density at radius 2 is 2.23 bits per heavy atom. The molecule has 9 nitrogen and oxygen atoms in total. The van der Waals surface area contributed by atoms with Crippen molar-refractivity contribution in [1.82, 2.24) is 24.9 Å². The summed E-state index contributed by atoms with van der Waals surface area (Å²) in [6, 6.07) is 4.86. The Balaban J connectivity index is 1.38. The van der Waals surface area contributed by atoms with E-state index in [1.807, 2.05) is 18.2 Å². The summed E-state index contributed by atoms with van der Waals surface area (Å²) in [4.78, 5) is 37.3. The van der Waals surface area contributed by atoms with E-state index in [0.29, 0.717) is 49.4 Å². The third-order valence-corrected chi connectivity index (χ3v) is 5.82. The molecule has 30 heavy (non-hydrogen) atoms. The molecule has 0 aromatic carbocycles. The number of carbonyl (C=O) groups is 2. The maximum absolute atomic E-state index is 12.9. The minimum Gasteiger partial charge on any atom is -0.341 e. The molecule has 3 atom stereocenters. The summed E-state index contributed by atoms with van der Waals surface area (Å²) in [7, 11) is 0. The van der Waals surface area contributed by atoms with E-state index < -0.39 is 0 Å². The average Bonchev–Trinajstić information content (AvgIpc) is 3.40. The minimum atomic E-state index is -0.389. The highest BCUT2D eigenvalue weighted by Crippen LogP contribution is 2.32. The van der Waals surface area contributed by atoms with Gasteiger partial charge in [0.2, 0.25) is 23.5 Å². The lowest BCUT2D eigenvalue weighted by Gasteiger charge is -2.33. The first-order chi connectivity index (χ1) is 14.5. The number of likely N-dealkylation sites (tertiary alicyclic amines) is 2. The maximum atomic E-state index is 12.9. The normalized spacial score (nSPS) is 23.1. The number of nitrogens with two attached hydrogens (primary N) is 1. The van der Waals surface area contributed by atoms with Crippen LogP contribution in [0.25, 0.3) is 11.5 Å². The van der Waals surface area contributed by atoms with Crippen molar-refractivity contribution < 1.29 is 14.1 Å². The second-order valence-electron chi connectivity index (χ2n) is 8.32. The van der Waals surface area contributed by atoms with E-state index in [2.05, 4.69) is 22.0 Å². The van der Waals surface area contributed by atoms with E-state index in [1.165, 1.54) is 0 Å². The van der Waals surface area contributed by atoms with Gasteiger partial charge < -0.3 is 20.1 Å². The van der Waals surface area contributed by atoms with E-state index in [9.17, 15) is 9.59 Å². The van der Waals surface area contributed by atoms with Crippen LogP contribution in [0.15, 0.2) is 28.9 Å². The molecule has 0 unspecified atom stereocenters. The van der Waals surface area contributed by atoms with Gasteiger partial charge in [-0.1, -0.05) is 18.1 Å². The number of rotatable bonds is 6. The molecule has 2 aromatic heterocycles. The number of hydrogen-bond acceptors (Lipinski definition) is 7. The Morgan fingerprint density at radius 1 is 1.37 bits per heavy atom. The summed E-state index contributed by atoms with van der Waals surface area (Å²) in [5.74, 6) is 1.40. The number of aromatic nitrogens is 3. The highest BCUT2D eigenvalue weighted by molar-refractivity contribution is 5.78. The molecule has 4 rings (SSSR count). The molecule has 0 bridgehead atoms. The Labute approximate surface area is 175 Å².